The van der Waals surface area contributed by atoms with Gasteiger partial charge >= 0.3 is 5.97 Å². The molecule has 1 atom stereocenters. The summed E-state index contributed by atoms with van der Waals surface area (Å²) in [6, 6.07) is 2.68. The third kappa shape index (κ3) is 4.14. The number of esters is 1. The van der Waals surface area contributed by atoms with E-state index in [4.69, 9.17) is 10.3 Å². The van der Waals surface area contributed by atoms with Gasteiger partial charge in [-0.15, -0.1) is 0 Å². The Labute approximate surface area is 122 Å². The molecule has 0 aromatic carbocycles. The van der Waals surface area contributed by atoms with Crippen LogP contribution in [-0.4, -0.2) is 30.6 Å². The van der Waals surface area contributed by atoms with E-state index >= 15 is 0 Å². The molecule has 0 radical (unpaired) electrons. The van der Waals surface area contributed by atoms with Crippen molar-refractivity contribution in [1.29, 1.82) is 0 Å². The van der Waals surface area contributed by atoms with E-state index in [1.165, 1.54) is 12.1 Å². The van der Waals surface area contributed by atoms with E-state index < -0.39 is 17.3 Å². The summed E-state index contributed by atoms with van der Waals surface area (Å²) in [6.45, 7) is 4.17. The maximum absolute atomic E-state index is 13.0. The maximum Gasteiger partial charge on any atom is 0.332 e. The average molecular weight is 295 g/mol. The van der Waals surface area contributed by atoms with Crippen LogP contribution in [0.4, 0.5) is 4.39 Å². The lowest BCUT2D eigenvalue weighted by atomic mass is 9.91. The second-order valence-corrected chi connectivity index (χ2v) is 4.22. The summed E-state index contributed by atoms with van der Waals surface area (Å²) in [5.41, 5.74) is 7.46. The third-order valence-corrected chi connectivity index (χ3v) is 3.02. The van der Waals surface area contributed by atoms with Gasteiger partial charge < -0.3 is 4.74 Å². The van der Waals surface area contributed by atoms with Crippen LogP contribution >= 0.6 is 0 Å². The number of pyridine rings is 1. The number of hydrogen-bond acceptors (Lipinski definition) is 5. The monoisotopic (exact) mass is 295 g/mol. The van der Waals surface area contributed by atoms with Crippen molar-refractivity contribution < 1.29 is 13.9 Å². The van der Waals surface area contributed by atoms with Gasteiger partial charge in [0.2, 0.25) is 0 Å². The van der Waals surface area contributed by atoms with Crippen molar-refractivity contribution in [2.75, 3.05) is 19.7 Å². The molecule has 0 saturated heterocycles. The first-order valence-corrected chi connectivity index (χ1v) is 6.65. The summed E-state index contributed by atoms with van der Waals surface area (Å²) in [5, 5.41) is 6.42. The van der Waals surface area contributed by atoms with Crippen molar-refractivity contribution in [2.24, 2.45) is 5.11 Å². The summed E-state index contributed by atoms with van der Waals surface area (Å²) >= 11 is 0. The van der Waals surface area contributed by atoms with Crippen LogP contribution in [0, 0.1) is 5.82 Å². The predicted molar refractivity (Wildman–Crippen MR) is 74.8 cm³/mol. The zero-order valence-electron chi connectivity index (χ0n) is 12.0. The molecule has 1 rings (SSSR count). The quantitative estimate of drug-likeness (QED) is 0.261. The normalized spacial score (nSPS) is 13.1. The topological polar surface area (TPSA) is 100.0 Å². The zero-order valence-corrected chi connectivity index (χ0v) is 12.0. The molecule has 0 bridgehead atoms. The van der Waals surface area contributed by atoms with Crippen molar-refractivity contribution in [2.45, 2.75) is 25.8 Å². The van der Waals surface area contributed by atoms with Crippen molar-refractivity contribution in [3.05, 3.63) is 40.3 Å². The van der Waals surface area contributed by atoms with Crippen LogP contribution in [0.5, 0.6) is 0 Å². The van der Waals surface area contributed by atoms with Gasteiger partial charge in [0.15, 0.2) is 5.54 Å². The van der Waals surface area contributed by atoms with Gasteiger partial charge in [-0.25, -0.2) is 9.18 Å². The SMILES string of the molecule is CCOC(=O)C(CC)(NCCN=[N+]=[N-])c1ccc(F)cn1. The summed E-state index contributed by atoms with van der Waals surface area (Å²) in [5.74, 6) is -0.978. The molecule has 0 amide bonds. The minimum absolute atomic E-state index is 0.179. The van der Waals surface area contributed by atoms with Crippen LogP contribution in [-0.2, 0) is 15.1 Å². The highest BCUT2D eigenvalue weighted by molar-refractivity contribution is 5.82. The molecule has 0 spiro atoms. The molecule has 1 aromatic rings. The fourth-order valence-corrected chi connectivity index (χ4v) is 1.96. The van der Waals surface area contributed by atoms with Gasteiger partial charge in [-0.2, -0.15) is 0 Å². The smallest absolute Gasteiger partial charge is 0.332 e. The van der Waals surface area contributed by atoms with E-state index in [1.54, 1.807) is 13.8 Å². The van der Waals surface area contributed by atoms with Crippen molar-refractivity contribution in [3.8, 4) is 0 Å². The number of azide groups is 1. The molecular formula is C13H18FN5O2. The van der Waals surface area contributed by atoms with Gasteiger partial charge in [0, 0.05) is 18.0 Å². The number of aromatic nitrogens is 1. The summed E-state index contributed by atoms with van der Waals surface area (Å²) in [6.07, 6.45) is 1.41. The van der Waals surface area contributed by atoms with E-state index in [0.29, 0.717) is 12.1 Å². The molecule has 114 valence electrons. The van der Waals surface area contributed by atoms with Gasteiger partial charge in [-0.1, -0.05) is 12.0 Å². The van der Waals surface area contributed by atoms with E-state index in [1.807, 2.05) is 0 Å². The van der Waals surface area contributed by atoms with Crippen molar-refractivity contribution in [3.63, 3.8) is 0 Å². The Morgan fingerprint density at radius 3 is 2.86 bits per heavy atom. The highest BCUT2D eigenvalue weighted by Crippen LogP contribution is 2.25. The van der Waals surface area contributed by atoms with Crippen LogP contribution in [0.25, 0.3) is 10.4 Å². The largest absolute Gasteiger partial charge is 0.464 e. The molecule has 1 aromatic heterocycles. The van der Waals surface area contributed by atoms with E-state index in [-0.39, 0.29) is 19.7 Å². The van der Waals surface area contributed by atoms with Crippen molar-refractivity contribution in [1.82, 2.24) is 10.3 Å². The molecule has 1 N–H and O–H groups in total. The van der Waals surface area contributed by atoms with Gasteiger partial charge in [-0.3, -0.25) is 10.3 Å². The Morgan fingerprint density at radius 1 is 1.57 bits per heavy atom. The number of halogens is 1. The van der Waals surface area contributed by atoms with Crippen LogP contribution in [0.15, 0.2) is 23.4 Å². The van der Waals surface area contributed by atoms with Gasteiger partial charge in [0.05, 0.1) is 18.5 Å². The maximum atomic E-state index is 13.0. The van der Waals surface area contributed by atoms with Crippen LogP contribution in [0.3, 0.4) is 0 Å². The van der Waals surface area contributed by atoms with Crippen LogP contribution < -0.4 is 5.32 Å². The molecule has 0 saturated carbocycles. The molecule has 0 aliphatic heterocycles. The average Bonchev–Trinajstić information content (AvgIpc) is 2.49. The summed E-state index contributed by atoms with van der Waals surface area (Å²) in [7, 11) is 0. The third-order valence-electron chi connectivity index (χ3n) is 3.02. The first-order valence-electron chi connectivity index (χ1n) is 6.65. The number of nitrogens with zero attached hydrogens (tertiary/aromatic N) is 4. The highest BCUT2D eigenvalue weighted by Gasteiger charge is 2.40. The van der Waals surface area contributed by atoms with Crippen LogP contribution in [0.2, 0.25) is 0 Å². The molecule has 8 heteroatoms. The van der Waals surface area contributed by atoms with E-state index in [0.717, 1.165) is 6.20 Å². The number of carbonyl (C=O) groups is 1. The fourth-order valence-electron chi connectivity index (χ4n) is 1.96. The lowest BCUT2D eigenvalue weighted by molar-refractivity contribution is -0.152. The molecule has 1 unspecified atom stereocenters. The van der Waals surface area contributed by atoms with Gasteiger partial charge in [0.1, 0.15) is 5.82 Å². The molecule has 0 aliphatic rings. The standard InChI is InChI=1S/C13H18FN5O2/c1-3-13(12(20)21-4-2,17-7-8-18-19-15)11-6-5-10(14)9-16-11/h5-6,9,17H,3-4,7-8H2,1-2H3. The summed E-state index contributed by atoms with van der Waals surface area (Å²) in [4.78, 5) is 19.0. The Hall–Kier alpha value is -2.18. The second-order valence-electron chi connectivity index (χ2n) is 4.22. The molecule has 7 nitrogen and oxygen atoms in total. The molecule has 0 fully saturated rings. The lowest BCUT2D eigenvalue weighted by Crippen LogP contribution is -2.51. The van der Waals surface area contributed by atoms with Crippen LogP contribution in [0.1, 0.15) is 26.0 Å². The Bertz CT molecular complexity index is 516. The second kappa shape index (κ2) is 8.18. The van der Waals surface area contributed by atoms with Gasteiger partial charge in [-0.05, 0) is 31.0 Å². The van der Waals surface area contributed by atoms with Gasteiger partial charge in [0.25, 0.3) is 0 Å². The van der Waals surface area contributed by atoms with Crippen molar-refractivity contribution >= 4 is 5.97 Å². The minimum atomic E-state index is -1.19. The highest BCUT2D eigenvalue weighted by atomic mass is 19.1. The Morgan fingerprint density at radius 2 is 2.33 bits per heavy atom. The number of hydrogen-bond donors (Lipinski definition) is 1. The first kappa shape index (κ1) is 16.9. The molecule has 1 heterocycles. The fraction of sp³-hybridized carbons (Fsp3) is 0.538. The summed E-state index contributed by atoms with van der Waals surface area (Å²) < 4.78 is 18.1. The number of carbonyl (C=O) groups excluding carboxylic acids is 1. The van der Waals surface area contributed by atoms with E-state index in [2.05, 4.69) is 20.3 Å². The lowest BCUT2D eigenvalue weighted by Gasteiger charge is -2.30. The molecule has 21 heavy (non-hydrogen) atoms. The Kier molecular flexibility index (Phi) is 6.58. The first-order chi connectivity index (χ1) is 10.1. The molecule has 0 aliphatic carbocycles. The predicted octanol–water partition coefficient (Wildman–Crippen LogP) is 2.29. The number of nitrogens with one attached hydrogen (secondary N) is 1. The number of ether oxygens (including phenoxy) is 1. The van der Waals surface area contributed by atoms with E-state index in [9.17, 15) is 9.18 Å². The molecular weight excluding hydrogens is 277 g/mol. The minimum Gasteiger partial charge on any atom is -0.464 e. The zero-order chi connectivity index (χ0) is 15.7. The Balaban J connectivity index is 3.08. The number of rotatable bonds is 8.